The molecular weight excluding hydrogens is 322 g/mol. The van der Waals surface area contributed by atoms with Crippen molar-refractivity contribution in [1.82, 2.24) is 4.67 Å². The number of carboxylic acid groups (broad SMARTS) is 1. The Morgan fingerprint density at radius 3 is 2.00 bits per heavy atom. The number of hydrogen-bond donors (Lipinski definition) is 1. The quantitative estimate of drug-likeness (QED) is 0.838. The van der Waals surface area contributed by atoms with Gasteiger partial charge in [0.15, 0.2) is 0 Å². The van der Waals surface area contributed by atoms with Crippen molar-refractivity contribution in [2.45, 2.75) is 76.5 Å². The molecule has 1 saturated carbocycles. The zero-order valence-electron chi connectivity index (χ0n) is 16.4. The maximum Gasteiger partial charge on any atom is 0.420 e. The van der Waals surface area contributed by atoms with E-state index in [4.69, 9.17) is 0 Å². The molecule has 0 atom stereocenters. The van der Waals surface area contributed by atoms with Crippen molar-refractivity contribution in [3.63, 3.8) is 0 Å². The first-order chi connectivity index (χ1) is 12.1. The number of carbonyl (C=O) groups is 1. The molecule has 26 heavy (non-hydrogen) atoms. The molecule has 3 heteroatoms. The summed E-state index contributed by atoms with van der Waals surface area (Å²) in [5.74, 6) is -0.947. The highest BCUT2D eigenvalue weighted by atomic mass is 16.4. The van der Waals surface area contributed by atoms with Gasteiger partial charge in [0.2, 0.25) is 0 Å². The molecule has 0 aromatic heterocycles. The molecule has 1 fully saturated rings. The number of aryl methyl sites for hydroxylation is 1. The molecule has 1 N–H and O–H groups in total. The van der Waals surface area contributed by atoms with E-state index >= 15 is 0 Å². The third kappa shape index (κ3) is 2.41. The Kier molecular flexibility index (Phi) is 3.46. The Morgan fingerprint density at radius 1 is 0.923 bits per heavy atom. The molecule has 0 saturated heterocycles. The Labute approximate surface area is 155 Å². The van der Waals surface area contributed by atoms with Crippen LogP contribution in [0.5, 0.6) is 0 Å². The van der Waals surface area contributed by atoms with E-state index in [2.05, 4.69) is 51.4 Å². The molecule has 1 aliphatic heterocycles. The second-order valence-electron chi connectivity index (χ2n) is 9.58. The van der Waals surface area contributed by atoms with Crippen molar-refractivity contribution in [3.8, 4) is 0 Å². The summed E-state index contributed by atoms with van der Waals surface area (Å²) in [7, 11) is 0. The zero-order valence-corrected chi connectivity index (χ0v) is 16.4. The van der Waals surface area contributed by atoms with Crippen LogP contribution in [-0.2, 0) is 21.0 Å². The predicted octanol–water partition coefficient (Wildman–Crippen LogP) is 3.98. The highest BCUT2D eigenvalue weighted by Gasteiger charge is 2.56. The van der Waals surface area contributed by atoms with Crippen molar-refractivity contribution >= 4 is 17.4 Å². The fourth-order valence-electron chi connectivity index (χ4n) is 4.77. The summed E-state index contributed by atoms with van der Waals surface area (Å²) in [6.07, 6.45) is 8.05. The summed E-state index contributed by atoms with van der Waals surface area (Å²) in [6.45, 7) is 11.6. The lowest BCUT2D eigenvalue weighted by Crippen LogP contribution is -2.35. The molecular formula is C23H28NO2+. The average Bonchev–Trinajstić information content (AvgIpc) is 3.19. The van der Waals surface area contributed by atoms with E-state index < -0.39 is 5.97 Å². The summed E-state index contributed by atoms with van der Waals surface area (Å²) in [6, 6.07) is 4.82. The second-order valence-corrected chi connectivity index (χ2v) is 9.58. The molecule has 0 spiro atoms. The van der Waals surface area contributed by atoms with Crippen LogP contribution in [0.3, 0.4) is 0 Å². The van der Waals surface area contributed by atoms with Crippen LogP contribution < -0.4 is 4.67 Å². The highest BCUT2D eigenvalue weighted by Crippen LogP contribution is 2.54. The first kappa shape index (κ1) is 17.3. The maximum atomic E-state index is 11.3. The van der Waals surface area contributed by atoms with Crippen molar-refractivity contribution < 1.29 is 9.90 Å². The van der Waals surface area contributed by atoms with Crippen LogP contribution in [0.1, 0.15) is 75.6 Å². The summed E-state index contributed by atoms with van der Waals surface area (Å²) in [4.78, 5) is 11.3. The van der Waals surface area contributed by atoms with E-state index in [1.165, 1.54) is 35.1 Å². The lowest BCUT2D eigenvalue weighted by molar-refractivity contribution is -0.129. The molecule has 1 aromatic rings. The number of carboxylic acids is 1. The number of hydrogen-bond acceptors (Lipinski definition) is 1. The molecule has 0 amide bonds. The van der Waals surface area contributed by atoms with E-state index in [0.29, 0.717) is 0 Å². The Bertz CT molecular complexity index is 920. The zero-order chi connectivity index (χ0) is 18.9. The molecule has 0 radical (unpaired) electrons. The van der Waals surface area contributed by atoms with Gasteiger partial charge in [-0.1, -0.05) is 44.5 Å². The molecule has 1 heterocycles. The lowest BCUT2D eigenvalue weighted by Gasteiger charge is -2.42. The Balaban J connectivity index is 1.89. The van der Waals surface area contributed by atoms with Crippen molar-refractivity contribution in [2.24, 2.45) is 0 Å². The Hall–Kier alpha value is -2.12. The molecule has 0 unspecified atom stereocenters. The normalized spacial score (nSPS) is 23.9. The summed E-state index contributed by atoms with van der Waals surface area (Å²) in [5.41, 5.74) is 6.97. The number of nitrogens with zero attached hydrogens (tertiary/aromatic N) is 1. The van der Waals surface area contributed by atoms with Gasteiger partial charge < -0.3 is 5.11 Å². The smallest absolute Gasteiger partial charge is 0.420 e. The fraction of sp³-hybridized carbons (Fsp3) is 0.522. The molecule has 3 aliphatic rings. The van der Waals surface area contributed by atoms with Gasteiger partial charge >= 0.3 is 17.4 Å². The molecule has 0 bridgehead atoms. The topological polar surface area (TPSA) is 51.4 Å². The van der Waals surface area contributed by atoms with Crippen LogP contribution >= 0.6 is 0 Å². The summed E-state index contributed by atoms with van der Waals surface area (Å²) in [5, 5.41) is 9.23. The minimum absolute atomic E-state index is 0.0928. The minimum atomic E-state index is -0.947. The van der Waals surface area contributed by atoms with Gasteiger partial charge in [-0.05, 0) is 65.7 Å². The minimum Gasteiger partial charge on any atom is -0.472 e. The fourth-order valence-corrected chi connectivity index (χ4v) is 4.77. The predicted molar refractivity (Wildman–Crippen MR) is 106 cm³/mol. The van der Waals surface area contributed by atoms with Crippen LogP contribution in [-0.4, -0.2) is 22.5 Å². The number of aliphatic carboxylic acids is 1. The van der Waals surface area contributed by atoms with E-state index in [0.717, 1.165) is 18.6 Å². The highest BCUT2D eigenvalue weighted by molar-refractivity contribution is 6.43. The van der Waals surface area contributed by atoms with E-state index in [9.17, 15) is 9.90 Å². The van der Waals surface area contributed by atoms with E-state index in [-0.39, 0.29) is 22.0 Å². The van der Waals surface area contributed by atoms with Gasteiger partial charge in [-0.25, -0.2) is 4.79 Å². The molecule has 1 aromatic carbocycles. The lowest BCUT2D eigenvalue weighted by atomic mass is 9.62. The summed E-state index contributed by atoms with van der Waals surface area (Å²) >= 11 is 0. The largest absolute Gasteiger partial charge is 0.472 e. The SMILES string of the molecule is Cc1cc2c(cc1C1(C3=[N+]=C(C(=O)O)C=C3)CC1)C(C)(C)CCC2(C)C. The molecule has 3 nitrogen and oxygen atoms in total. The molecule has 2 aliphatic carbocycles. The van der Waals surface area contributed by atoms with Crippen LogP contribution in [0.15, 0.2) is 24.3 Å². The standard InChI is InChI=1S/C23H27NO2/c1-14-12-16-17(22(4,5)9-8-21(16,2)3)13-15(14)23(10-11-23)19-7-6-18(24-19)20(25)26/h6-7,12-13H,8-11H2,1-5H3/p+1. The monoisotopic (exact) mass is 350 g/mol. The van der Waals surface area contributed by atoms with Gasteiger partial charge in [-0.15, -0.1) is 0 Å². The van der Waals surface area contributed by atoms with Crippen LogP contribution in [0.2, 0.25) is 0 Å². The van der Waals surface area contributed by atoms with Crippen molar-refractivity contribution in [1.29, 1.82) is 0 Å². The Morgan fingerprint density at radius 2 is 1.50 bits per heavy atom. The van der Waals surface area contributed by atoms with E-state index in [1.807, 2.05) is 6.08 Å². The maximum absolute atomic E-state index is 11.3. The summed E-state index contributed by atoms with van der Waals surface area (Å²) < 4.78 is 4.44. The van der Waals surface area contributed by atoms with Gasteiger partial charge in [-0.2, -0.15) is 0 Å². The first-order valence-electron chi connectivity index (χ1n) is 9.60. The van der Waals surface area contributed by atoms with Gasteiger partial charge in [0.1, 0.15) is 0 Å². The number of fused-ring (bicyclic) bond motifs is 1. The number of rotatable bonds is 3. The second kappa shape index (κ2) is 5.20. The van der Waals surface area contributed by atoms with Crippen molar-refractivity contribution in [2.75, 3.05) is 0 Å². The molecule has 136 valence electrons. The van der Waals surface area contributed by atoms with Gasteiger partial charge in [-0.3, -0.25) is 0 Å². The van der Waals surface area contributed by atoms with Crippen LogP contribution in [0, 0.1) is 6.92 Å². The van der Waals surface area contributed by atoms with Crippen LogP contribution in [0.25, 0.3) is 0 Å². The van der Waals surface area contributed by atoms with Crippen molar-refractivity contribution in [3.05, 3.63) is 46.5 Å². The number of allylic oxidation sites excluding steroid dienone is 1. The third-order valence-electron chi connectivity index (χ3n) is 6.81. The van der Waals surface area contributed by atoms with Gasteiger partial charge in [0, 0.05) is 12.2 Å². The number of benzene rings is 1. The van der Waals surface area contributed by atoms with Crippen LogP contribution in [0.4, 0.5) is 0 Å². The van der Waals surface area contributed by atoms with Gasteiger partial charge in [0.05, 0.1) is 5.41 Å². The first-order valence-corrected chi connectivity index (χ1v) is 9.60. The molecule has 4 rings (SSSR count). The van der Waals surface area contributed by atoms with E-state index in [1.54, 1.807) is 6.08 Å². The third-order valence-corrected chi connectivity index (χ3v) is 6.81. The average molecular weight is 350 g/mol. The van der Waals surface area contributed by atoms with Gasteiger partial charge in [0.25, 0.3) is 0 Å².